The molecule has 0 aliphatic carbocycles. The minimum atomic E-state index is -0.450. The summed E-state index contributed by atoms with van der Waals surface area (Å²) >= 11 is 0. The fourth-order valence-corrected chi connectivity index (χ4v) is 1.93. The predicted molar refractivity (Wildman–Crippen MR) is 77.6 cm³/mol. The molecule has 2 aromatic rings. The highest BCUT2D eigenvalue weighted by Gasteiger charge is 2.16. The summed E-state index contributed by atoms with van der Waals surface area (Å²) in [6.45, 7) is 5.68. The van der Waals surface area contributed by atoms with Gasteiger partial charge in [-0.2, -0.15) is 5.10 Å². The van der Waals surface area contributed by atoms with E-state index in [1.54, 1.807) is 24.4 Å². The largest absolute Gasteiger partial charge is 0.462 e. The van der Waals surface area contributed by atoms with E-state index in [4.69, 9.17) is 9.94 Å². The third-order valence-electron chi connectivity index (χ3n) is 2.80. The fraction of sp³-hybridized carbons (Fsp3) is 0.286. The summed E-state index contributed by atoms with van der Waals surface area (Å²) in [6, 6.07) is 1.82. The highest BCUT2D eigenvalue weighted by atomic mass is 16.5. The Morgan fingerprint density at radius 3 is 3.00 bits per heavy atom. The SMILES string of the molecule is CCOC(=O)c1cnn2c(C)cc(/C=C(/C)C=NO)nc12. The highest BCUT2D eigenvalue weighted by Crippen LogP contribution is 2.15. The van der Waals surface area contributed by atoms with Crippen LogP contribution in [0.5, 0.6) is 0 Å². The maximum absolute atomic E-state index is 11.9. The molecule has 0 radical (unpaired) electrons. The van der Waals surface area contributed by atoms with Crippen molar-refractivity contribution in [3.8, 4) is 0 Å². The molecular weight excluding hydrogens is 272 g/mol. The van der Waals surface area contributed by atoms with Crippen LogP contribution in [0.25, 0.3) is 11.7 Å². The van der Waals surface area contributed by atoms with Crippen LogP contribution in [-0.4, -0.2) is 38.6 Å². The van der Waals surface area contributed by atoms with Crippen molar-refractivity contribution in [3.63, 3.8) is 0 Å². The molecule has 0 aliphatic heterocycles. The van der Waals surface area contributed by atoms with Crippen molar-refractivity contribution in [2.75, 3.05) is 6.61 Å². The third kappa shape index (κ3) is 3.07. The predicted octanol–water partition coefficient (Wildman–Crippen LogP) is 2.08. The number of carbonyl (C=O) groups is 1. The number of hydrogen-bond acceptors (Lipinski definition) is 6. The Kier molecular flexibility index (Phi) is 4.32. The molecule has 110 valence electrons. The summed E-state index contributed by atoms with van der Waals surface area (Å²) in [6.07, 6.45) is 4.50. The minimum absolute atomic E-state index is 0.292. The van der Waals surface area contributed by atoms with Gasteiger partial charge in [0.05, 0.1) is 24.7 Å². The molecule has 0 aromatic carbocycles. The summed E-state index contributed by atoms with van der Waals surface area (Å²) in [5.41, 5.74) is 2.96. The summed E-state index contributed by atoms with van der Waals surface area (Å²) in [7, 11) is 0. The second kappa shape index (κ2) is 6.17. The molecule has 0 fully saturated rings. The number of nitrogens with zero attached hydrogens (tertiary/aromatic N) is 4. The Labute approximate surface area is 121 Å². The maximum Gasteiger partial charge on any atom is 0.343 e. The topological polar surface area (TPSA) is 89.1 Å². The van der Waals surface area contributed by atoms with E-state index in [9.17, 15) is 4.79 Å². The monoisotopic (exact) mass is 288 g/mol. The molecule has 0 unspecified atom stereocenters. The van der Waals surface area contributed by atoms with Gasteiger partial charge in [0.25, 0.3) is 0 Å². The van der Waals surface area contributed by atoms with Crippen molar-refractivity contribution in [1.82, 2.24) is 14.6 Å². The van der Waals surface area contributed by atoms with E-state index in [-0.39, 0.29) is 0 Å². The Morgan fingerprint density at radius 2 is 2.33 bits per heavy atom. The summed E-state index contributed by atoms with van der Waals surface area (Å²) in [5, 5.41) is 15.6. The molecule has 0 bridgehead atoms. The molecule has 0 saturated carbocycles. The van der Waals surface area contributed by atoms with E-state index in [1.807, 2.05) is 13.0 Å². The number of hydrogen-bond donors (Lipinski definition) is 1. The van der Waals surface area contributed by atoms with E-state index >= 15 is 0 Å². The van der Waals surface area contributed by atoms with Crippen LogP contribution in [0.1, 0.15) is 35.6 Å². The number of rotatable bonds is 4. The molecule has 1 N–H and O–H groups in total. The number of allylic oxidation sites excluding steroid dienone is 1. The first kappa shape index (κ1) is 14.7. The van der Waals surface area contributed by atoms with E-state index in [1.165, 1.54) is 12.4 Å². The second-order valence-electron chi connectivity index (χ2n) is 4.47. The van der Waals surface area contributed by atoms with Crippen molar-refractivity contribution in [1.29, 1.82) is 0 Å². The van der Waals surface area contributed by atoms with Gasteiger partial charge in [-0.25, -0.2) is 14.3 Å². The Balaban J connectivity index is 2.54. The van der Waals surface area contributed by atoms with Crippen LogP contribution in [0.3, 0.4) is 0 Å². The quantitative estimate of drug-likeness (QED) is 0.402. The average Bonchev–Trinajstić information content (AvgIpc) is 2.83. The third-order valence-corrected chi connectivity index (χ3v) is 2.80. The number of aryl methyl sites for hydroxylation is 1. The van der Waals surface area contributed by atoms with Gasteiger partial charge in [0.15, 0.2) is 5.65 Å². The van der Waals surface area contributed by atoms with Gasteiger partial charge in [0, 0.05) is 5.69 Å². The molecule has 7 nitrogen and oxygen atoms in total. The van der Waals surface area contributed by atoms with Gasteiger partial charge in [-0.05, 0) is 38.5 Å². The number of fused-ring (bicyclic) bond motifs is 1. The van der Waals surface area contributed by atoms with Crippen LogP contribution >= 0.6 is 0 Å². The van der Waals surface area contributed by atoms with E-state index in [0.29, 0.717) is 23.5 Å². The van der Waals surface area contributed by atoms with Gasteiger partial charge in [-0.15, -0.1) is 0 Å². The van der Waals surface area contributed by atoms with E-state index in [0.717, 1.165) is 11.3 Å². The fourth-order valence-electron chi connectivity index (χ4n) is 1.93. The summed E-state index contributed by atoms with van der Waals surface area (Å²) in [5.74, 6) is -0.450. The molecule has 0 aliphatic rings. The van der Waals surface area contributed by atoms with E-state index in [2.05, 4.69) is 15.2 Å². The summed E-state index contributed by atoms with van der Waals surface area (Å²) < 4.78 is 6.57. The number of carbonyl (C=O) groups excluding carboxylic acids is 1. The number of esters is 1. The lowest BCUT2D eigenvalue weighted by Gasteiger charge is -2.03. The molecule has 2 aromatic heterocycles. The van der Waals surface area contributed by atoms with Crippen LogP contribution in [0.15, 0.2) is 23.0 Å². The standard InChI is InChI=1S/C14H16N4O3/c1-4-21-14(19)12-8-15-18-10(3)6-11(17-13(12)18)5-9(2)7-16-20/h5-8,20H,4H2,1-3H3/b9-5-,16-7?. The normalized spacial score (nSPS) is 12.2. The van der Waals surface area contributed by atoms with Crippen molar-refractivity contribution < 1.29 is 14.7 Å². The number of aromatic nitrogens is 3. The molecule has 0 atom stereocenters. The molecule has 0 amide bonds. The van der Waals surface area contributed by atoms with Crippen molar-refractivity contribution >= 4 is 23.9 Å². The van der Waals surface area contributed by atoms with Gasteiger partial charge < -0.3 is 9.94 Å². The van der Waals surface area contributed by atoms with E-state index < -0.39 is 5.97 Å². The minimum Gasteiger partial charge on any atom is -0.462 e. The zero-order chi connectivity index (χ0) is 15.4. The Bertz CT molecular complexity index is 731. The second-order valence-corrected chi connectivity index (χ2v) is 4.47. The van der Waals surface area contributed by atoms with Gasteiger partial charge in [-0.1, -0.05) is 5.16 Å². The first-order valence-electron chi connectivity index (χ1n) is 6.45. The first-order valence-corrected chi connectivity index (χ1v) is 6.45. The molecule has 2 rings (SSSR count). The zero-order valence-electron chi connectivity index (χ0n) is 12.1. The van der Waals surface area contributed by atoms with Crippen molar-refractivity contribution in [2.45, 2.75) is 20.8 Å². The molecule has 2 heterocycles. The molecule has 0 spiro atoms. The lowest BCUT2D eigenvalue weighted by atomic mass is 10.2. The Morgan fingerprint density at radius 1 is 1.57 bits per heavy atom. The molecule has 21 heavy (non-hydrogen) atoms. The molecular formula is C14H16N4O3. The lowest BCUT2D eigenvalue weighted by Crippen LogP contribution is -2.06. The van der Waals surface area contributed by atoms with Crippen LogP contribution in [0.2, 0.25) is 0 Å². The van der Waals surface area contributed by atoms with Gasteiger partial charge in [-0.3, -0.25) is 0 Å². The average molecular weight is 288 g/mol. The van der Waals surface area contributed by atoms with Crippen LogP contribution < -0.4 is 0 Å². The van der Waals surface area contributed by atoms with Crippen molar-refractivity contribution in [3.05, 3.63) is 34.8 Å². The van der Waals surface area contributed by atoms with Crippen LogP contribution in [0, 0.1) is 6.92 Å². The Hall–Kier alpha value is -2.70. The van der Waals surface area contributed by atoms with Crippen LogP contribution in [0.4, 0.5) is 0 Å². The zero-order valence-corrected chi connectivity index (χ0v) is 12.1. The lowest BCUT2D eigenvalue weighted by molar-refractivity contribution is 0.0528. The number of ether oxygens (including phenoxy) is 1. The first-order chi connectivity index (χ1) is 10.1. The van der Waals surface area contributed by atoms with Gasteiger partial charge in [0.1, 0.15) is 5.56 Å². The summed E-state index contributed by atoms with van der Waals surface area (Å²) in [4.78, 5) is 16.3. The molecule has 0 saturated heterocycles. The van der Waals surface area contributed by atoms with Crippen molar-refractivity contribution in [2.24, 2.45) is 5.16 Å². The van der Waals surface area contributed by atoms with Crippen LogP contribution in [-0.2, 0) is 4.74 Å². The highest BCUT2D eigenvalue weighted by molar-refractivity contribution is 5.95. The number of oxime groups is 1. The van der Waals surface area contributed by atoms with Gasteiger partial charge in [0.2, 0.25) is 0 Å². The van der Waals surface area contributed by atoms with Gasteiger partial charge >= 0.3 is 5.97 Å². The smallest absolute Gasteiger partial charge is 0.343 e. The maximum atomic E-state index is 11.9. The molecule has 7 heteroatoms.